The summed E-state index contributed by atoms with van der Waals surface area (Å²) < 4.78 is 0. The van der Waals surface area contributed by atoms with Crippen LogP contribution in [0.1, 0.15) is 44.7 Å². The molecule has 0 N–H and O–H groups in total. The second-order valence-electron chi connectivity index (χ2n) is 9.01. The van der Waals surface area contributed by atoms with E-state index >= 15 is 0 Å². The van der Waals surface area contributed by atoms with E-state index in [1.807, 2.05) is 13.1 Å². The lowest BCUT2D eigenvalue weighted by Gasteiger charge is -2.36. The number of amides is 3. The van der Waals surface area contributed by atoms with Crippen LogP contribution in [0.25, 0.3) is 0 Å². The highest BCUT2D eigenvalue weighted by molar-refractivity contribution is 6.08. The molecule has 0 radical (unpaired) electrons. The SMILES string of the molecule is Cc1cnc(N2CCN(C(=O)c3ccc(N4CCCC4=O)cc3C(=O)N(C)C)CC2)c(C)c1. The number of carbonyl (C=O) groups excluding carboxylic acids is 3. The van der Waals surface area contributed by atoms with E-state index < -0.39 is 0 Å². The van der Waals surface area contributed by atoms with Crippen LogP contribution >= 0.6 is 0 Å². The molecule has 0 aliphatic carbocycles. The molecule has 0 atom stereocenters. The molecule has 2 aromatic rings. The van der Waals surface area contributed by atoms with E-state index in [1.165, 1.54) is 4.90 Å². The van der Waals surface area contributed by atoms with Gasteiger partial charge in [0.15, 0.2) is 0 Å². The first-order chi connectivity index (χ1) is 15.8. The van der Waals surface area contributed by atoms with Crippen molar-refractivity contribution >= 4 is 29.2 Å². The number of hydrogen-bond donors (Lipinski definition) is 0. The molecule has 4 rings (SSSR count). The Hall–Kier alpha value is -3.42. The second kappa shape index (κ2) is 9.21. The van der Waals surface area contributed by atoms with Gasteiger partial charge in [-0.05, 0) is 49.6 Å². The number of aromatic nitrogens is 1. The fraction of sp³-hybridized carbons (Fsp3) is 0.440. The highest BCUT2D eigenvalue weighted by atomic mass is 16.2. The van der Waals surface area contributed by atoms with Crippen molar-refractivity contribution in [3.05, 3.63) is 52.7 Å². The van der Waals surface area contributed by atoms with Crippen LogP contribution in [0.5, 0.6) is 0 Å². The zero-order valence-electron chi connectivity index (χ0n) is 19.8. The third-order valence-corrected chi connectivity index (χ3v) is 6.31. The number of pyridine rings is 1. The Bertz CT molecular complexity index is 1090. The number of carbonyl (C=O) groups is 3. The van der Waals surface area contributed by atoms with Gasteiger partial charge in [0, 0.05) is 65.1 Å². The van der Waals surface area contributed by atoms with Crippen molar-refractivity contribution in [2.75, 3.05) is 56.6 Å². The highest BCUT2D eigenvalue weighted by Crippen LogP contribution is 2.27. The Kier molecular flexibility index (Phi) is 6.35. The van der Waals surface area contributed by atoms with Gasteiger partial charge in [0.1, 0.15) is 5.82 Å². The van der Waals surface area contributed by atoms with Gasteiger partial charge in [-0.25, -0.2) is 4.98 Å². The summed E-state index contributed by atoms with van der Waals surface area (Å²) >= 11 is 0. The zero-order chi connectivity index (χ0) is 23.7. The molecule has 0 unspecified atom stereocenters. The summed E-state index contributed by atoms with van der Waals surface area (Å²) in [6.45, 7) is 7.18. The zero-order valence-corrected chi connectivity index (χ0v) is 19.8. The first kappa shape index (κ1) is 22.8. The predicted octanol–water partition coefficient (Wildman–Crippen LogP) is 2.49. The third-order valence-electron chi connectivity index (χ3n) is 6.31. The molecule has 33 heavy (non-hydrogen) atoms. The number of aryl methyl sites for hydroxylation is 2. The molecule has 2 aliphatic rings. The predicted molar refractivity (Wildman–Crippen MR) is 128 cm³/mol. The molecule has 3 heterocycles. The molecule has 8 heteroatoms. The van der Waals surface area contributed by atoms with E-state index in [0.29, 0.717) is 56.0 Å². The van der Waals surface area contributed by atoms with Gasteiger partial charge in [-0.3, -0.25) is 14.4 Å². The van der Waals surface area contributed by atoms with Crippen molar-refractivity contribution in [1.82, 2.24) is 14.8 Å². The highest BCUT2D eigenvalue weighted by Gasteiger charge is 2.29. The maximum absolute atomic E-state index is 13.4. The number of benzene rings is 1. The maximum atomic E-state index is 13.4. The lowest BCUT2D eigenvalue weighted by atomic mass is 10.0. The minimum atomic E-state index is -0.245. The summed E-state index contributed by atoms with van der Waals surface area (Å²) in [7, 11) is 3.33. The molecule has 2 fully saturated rings. The van der Waals surface area contributed by atoms with Crippen LogP contribution in [0, 0.1) is 13.8 Å². The summed E-state index contributed by atoms with van der Waals surface area (Å²) in [5, 5.41) is 0. The molecule has 1 aromatic heterocycles. The van der Waals surface area contributed by atoms with Gasteiger partial charge in [0.25, 0.3) is 11.8 Å². The molecule has 0 saturated carbocycles. The van der Waals surface area contributed by atoms with Crippen molar-refractivity contribution in [2.45, 2.75) is 26.7 Å². The van der Waals surface area contributed by atoms with Gasteiger partial charge in [-0.2, -0.15) is 0 Å². The molecule has 0 bridgehead atoms. The van der Waals surface area contributed by atoms with Crippen molar-refractivity contribution in [3.63, 3.8) is 0 Å². The van der Waals surface area contributed by atoms with Crippen LogP contribution in [0.4, 0.5) is 11.5 Å². The smallest absolute Gasteiger partial charge is 0.254 e. The molecule has 1 aromatic carbocycles. The molecule has 3 amide bonds. The van der Waals surface area contributed by atoms with Crippen molar-refractivity contribution < 1.29 is 14.4 Å². The molecule has 8 nitrogen and oxygen atoms in total. The minimum absolute atomic E-state index is 0.0495. The van der Waals surface area contributed by atoms with Gasteiger partial charge in [-0.1, -0.05) is 6.07 Å². The Morgan fingerprint density at radius 1 is 0.970 bits per heavy atom. The minimum Gasteiger partial charge on any atom is -0.353 e. The monoisotopic (exact) mass is 449 g/mol. The lowest BCUT2D eigenvalue weighted by Crippen LogP contribution is -2.49. The van der Waals surface area contributed by atoms with Crippen LogP contribution < -0.4 is 9.80 Å². The standard InChI is InChI=1S/C25H31N5O3/c1-17-14-18(2)23(26-16-17)28-10-12-29(13-11-28)25(33)20-8-7-19(30-9-5-6-22(30)31)15-21(20)24(32)27(3)4/h7-8,14-16H,5-6,9-13H2,1-4H3. The molecule has 2 saturated heterocycles. The average Bonchev–Trinajstić information content (AvgIpc) is 3.23. The van der Waals surface area contributed by atoms with Crippen LogP contribution in [-0.2, 0) is 4.79 Å². The van der Waals surface area contributed by atoms with Crippen molar-refractivity contribution in [2.24, 2.45) is 0 Å². The molecular formula is C25H31N5O3. The lowest BCUT2D eigenvalue weighted by molar-refractivity contribution is -0.117. The summed E-state index contributed by atoms with van der Waals surface area (Å²) in [5.74, 6) is 0.599. The fourth-order valence-corrected chi connectivity index (χ4v) is 4.56. The van der Waals surface area contributed by atoms with Crippen LogP contribution in [0.2, 0.25) is 0 Å². The van der Waals surface area contributed by atoms with E-state index in [1.54, 1.807) is 42.1 Å². The van der Waals surface area contributed by atoms with E-state index in [0.717, 1.165) is 23.4 Å². The number of anilines is 2. The summed E-state index contributed by atoms with van der Waals surface area (Å²) in [4.78, 5) is 50.3. The van der Waals surface area contributed by atoms with Gasteiger partial charge in [0.05, 0.1) is 11.1 Å². The quantitative estimate of drug-likeness (QED) is 0.717. The van der Waals surface area contributed by atoms with Crippen molar-refractivity contribution in [1.29, 1.82) is 0 Å². The van der Waals surface area contributed by atoms with Crippen LogP contribution in [-0.4, -0.2) is 79.3 Å². The molecular weight excluding hydrogens is 418 g/mol. The average molecular weight is 450 g/mol. The molecule has 2 aliphatic heterocycles. The normalized spacial score (nSPS) is 16.4. The van der Waals surface area contributed by atoms with Crippen molar-refractivity contribution in [3.8, 4) is 0 Å². The number of nitrogens with zero attached hydrogens (tertiary/aromatic N) is 5. The van der Waals surface area contributed by atoms with Gasteiger partial charge < -0.3 is 19.6 Å². The van der Waals surface area contributed by atoms with E-state index in [-0.39, 0.29) is 17.7 Å². The summed E-state index contributed by atoms with van der Waals surface area (Å²) in [6.07, 6.45) is 3.18. The Balaban J connectivity index is 1.55. The number of hydrogen-bond acceptors (Lipinski definition) is 5. The largest absolute Gasteiger partial charge is 0.353 e. The van der Waals surface area contributed by atoms with Crippen LogP contribution in [0.3, 0.4) is 0 Å². The fourth-order valence-electron chi connectivity index (χ4n) is 4.56. The van der Waals surface area contributed by atoms with Gasteiger partial charge >= 0.3 is 0 Å². The summed E-state index contributed by atoms with van der Waals surface area (Å²) in [6, 6.07) is 7.27. The maximum Gasteiger partial charge on any atom is 0.254 e. The second-order valence-corrected chi connectivity index (χ2v) is 9.01. The van der Waals surface area contributed by atoms with Crippen LogP contribution in [0.15, 0.2) is 30.5 Å². The molecule has 174 valence electrons. The number of rotatable bonds is 4. The van der Waals surface area contributed by atoms with E-state index in [9.17, 15) is 14.4 Å². The van der Waals surface area contributed by atoms with E-state index in [2.05, 4.69) is 22.9 Å². The summed E-state index contributed by atoms with van der Waals surface area (Å²) in [5.41, 5.74) is 3.63. The van der Waals surface area contributed by atoms with E-state index in [4.69, 9.17) is 0 Å². The first-order valence-corrected chi connectivity index (χ1v) is 11.4. The number of piperazine rings is 1. The Morgan fingerprint density at radius 2 is 1.70 bits per heavy atom. The first-order valence-electron chi connectivity index (χ1n) is 11.4. The topological polar surface area (TPSA) is 77.1 Å². The molecule has 0 spiro atoms. The van der Waals surface area contributed by atoms with Gasteiger partial charge in [-0.15, -0.1) is 0 Å². The third kappa shape index (κ3) is 4.55. The Labute approximate surface area is 194 Å². The van der Waals surface area contributed by atoms with Gasteiger partial charge in [0.2, 0.25) is 5.91 Å². The Morgan fingerprint density at radius 3 is 2.30 bits per heavy atom.